The van der Waals surface area contributed by atoms with E-state index in [9.17, 15) is 4.79 Å². The van der Waals surface area contributed by atoms with Crippen LogP contribution in [0.25, 0.3) is 0 Å². The van der Waals surface area contributed by atoms with E-state index in [2.05, 4.69) is 19.2 Å². The van der Waals surface area contributed by atoms with Crippen LogP contribution in [0.4, 0.5) is 0 Å². The molecule has 0 amide bonds. The fourth-order valence-electron chi connectivity index (χ4n) is 1.67. The van der Waals surface area contributed by atoms with Crippen LogP contribution < -0.4 is 5.32 Å². The van der Waals surface area contributed by atoms with E-state index in [1.165, 1.54) is 12.8 Å². The van der Waals surface area contributed by atoms with Crippen LogP contribution in [0.2, 0.25) is 0 Å². The second kappa shape index (κ2) is 4.61. The summed E-state index contributed by atoms with van der Waals surface area (Å²) in [6.07, 6.45) is 4.22. The Bertz CT molecular complexity index is 148. The van der Waals surface area contributed by atoms with E-state index in [0.717, 1.165) is 19.4 Å². The minimum atomic E-state index is 0.168. The molecule has 2 nitrogen and oxygen atoms in total. The molecule has 0 spiro atoms. The molecule has 0 saturated carbocycles. The molecule has 0 aliphatic carbocycles. The van der Waals surface area contributed by atoms with Crippen molar-refractivity contribution in [2.24, 2.45) is 5.92 Å². The molecule has 0 aromatic rings. The second-order valence-electron chi connectivity index (χ2n) is 4.07. The Hall–Kier alpha value is -0.370. The lowest BCUT2D eigenvalue weighted by Crippen LogP contribution is -2.40. The molecule has 1 aliphatic rings. The molecule has 0 aromatic heterocycles. The van der Waals surface area contributed by atoms with Crippen molar-refractivity contribution < 1.29 is 4.79 Å². The largest absolute Gasteiger partial charge is 0.307 e. The van der Waals surface area contributed by atoms with Crippen molar-refractivity contribution >= 4 is 5.78 Å². The fourth-order valence-corrected chi connectivity index (χ4v) is 1.67. The summed E-state index contributed by atoms with van der Waals surface area (Å²) in [6.45, 7) is 5.22. The normalized spacial score (nSPS) is 24.4. The average Bonchev–Trinajstić information content (AvgIpc) is 2.05. The summed E-state index contributed by atoms with van der Waals surface area (Å²) >= 11 is 0. The van der Waals surface area contributed by atoms with Gasteiger partial charge >= 0.3 is 0 Å². The number of carbonyl (C=O) groups excluding carboxylic acids is 1. The predicted molar refractivity (Wildman–Crippen MR) is 50.1 cm³/mol. The van der Waals surface area contributed by atoms with Crippen molar-refractivity contribution in [3.8, 4) is 0 Å². The first-order valence-electron chi connectivity index (χ1n) is 4.96. The number of hydrogen-bond acceptors (Lipinski definition) is 2. The van der Waals surface area contributed by atoms with E-state index in [4.69, 9.17) is 0 Å². The maximum atomic E-state index is 11.5. The van der Waals surface area contributed by atoms with E-state index in [0.29, 0.717) is 11.7 Å². The molecule has 1 saturated heterocycles. The molecule has 70 valence electrons. The molecular weight excluding hydrogens is 150 g/mol. The fraction of sp³-hybridized carbons (Fsp3) is 0.900. The Morgan fingerprint density at radius 2 is 2.25 bits per heavy atom. The van der Waals surface area contributed by atoms with Gasteiger partial charge in [0.1, 0.15) is 5.78 Å². The zero-order chi connectivity index (χ0) is 8.97. The first-order chi connectivity index (χ1) is 5.70. The lowest BCUT2D eigenvalue weighted by Gasteiger charge is -2.22. The smallest absolute Gasteiger partial charge is 0.149 e. The quantitative estimate of drug-likeness (QED) is 0.697. The maximum absolute atomic E-state index is 11.5. The predicted octanol–water partition coefficient (Wildman–Crippen LogP) is 1.74. The number of nitrogens with one attached hydrogen (secondary N) is 1. The Labute approximate surface area is 74.7 Å². The summed E-state index contributed by atoms with van der Waals surface area (Å²) in [5.74, 6) is 0.908. The van der Waals surface area contributed by atoms with E-state index < -0.39 is 0 Å². The van der Waals surface area contributed by atoms with E-state index in [-0.39, 0.29) is 6.04 Å². The van der Waals surface area contributed by atoms with Crippen LogP contribution in [0.3, 0.4) is 0 Å². The zero-order valence-corrected chi connectivity index (χ0v) is 8.10. The molecule has 0 aromatic carbocycles. The lowest BCUT2D eigenvalue weighted by molar-refractivity contribution is -0.122. The van der Waals surface area contributed by atoms with Crippen LogP contribution in [0, 0.1) is 5.92 Å². The van der Waals surface area contributed by atoms with Crippen molar-refractivity contribution in [3.05, 3.63) is 0 Å². The highest BCUT2D eigenvalue weighted by Crippen LogP contribution is 2.11. The van der Waals surface area contributed by atoms with Gasteiger partial charge in [-0.1, -0.05) is 20.3 Å². The van der Waals surface area contributed by atoms with Crippen LogP contribution in [-0.2, 0) is 4.79 Å². The summed E-state index contributed by atoms with van der Waals surface area (Å²) in [7, 11) is 0. The first kappa shape index (κ1) is 9.72. The van der Waals surface area contributed by atoms with Gasteiger partial charge < -0.3 is 5.32 Å². The van der Waals surface area contributed by atoms with Gasteiger partial charge in [-0.2, -0.15) is 0 Å². The maximum Gasteiger partial charge on any atom is 0.149 e. The molecule has 2 heteroatoms. The van der Waals surface area contributed by atoms with Gasteiger partial charge in [0.05, 0.1) is 6.04 Å². The number of hydrogen-bond donors (Lipinski definition) is 1. The van der Waals surface area contributed by atoms with Crippen LogP contribution >= 0.6 is 0 Å². The Kier molecular flexibility index (Phi) is 3.73. The highest BCUT2D eigenvalue weighted by molar-refractivity contribution is 5.84. The van der Waals surface area contributed by atoms with Gasteiger partial charge in [0.15, 0.2) is 0 Å². The van der Waals surface area contributed by atoms with E-state index in [1.54, 1.807) is 0 Å². The van der Waals surface area contributed by atoms with Crippen LogP contribution in [0.1, 0.15) is 39.5 Å². The van der Waals surface area contributed by atoms with Crippen molar-refractivity contribution in [1.29, 1.82) is 0 Å². The molecule has 12 heavy (non-hydrogen) atoms. The molecule has 1 N–H and O–H groups in total. The third kappa shape index (κ3) is 2.94. The number of Topliss-reactive ketones (excluding diaryl/α,β-unsaturated/α-hetero) is 1. The summed E-state index contributed by atoms with van der Waals surface area (Å²) < 4.78 is 0. The van der Waals surface area contributed by atoms with Gasteiger partial charge in [0, 0.05) is 6.42 Å². The van der Waals surface area contributed by atoms with Crippen molar-refractivity contribution in [2.45, 2.75) is 45.6 Å². The van der Waals surface area contributed by atoms with Crippen LogP contribution in [0.15, 0.2) is 0 Å². The summed E-state index contributed by atoms with van der Waals surface area (Å²) in [6, 6.07) is 0.168. The summed E-state index contributed by atoms with van der Waals surface area (Å²) in [5.41, 5.74) is 0. The minimum absolute atomic E-state index is 0.168. The topological polar surface area (TPSA) is 29.1 Å². The SMILES string of the molecule is CC(C)CC(=O)C1CCCCN1. The van der Waals surface area contributed by atoms with Crippen molar-refractivity contribution in [1.82, 2.24) is 5.32 Å². The lowest BCUT2D eigenvalue weighted by atomic mass is 9.95. The third-order valence-electron chi connectivity index (χ3n) is 2.31. The summed E-state index contributed by atoms with van der Waals surface area (Å²) in [5, 5.41) is 3.27. The molecule has 1 atom stereocenters. The van der Waals surface area contributed by atoms with Crippen LogP contribution in [0.5, 0.6) is 0 Å². The van der Waals surface area contributed by atoms with Gasteiger partial charge in [0.25, 0.3) is 0 Å². The zero-order valence-electron chi connectivity index (χ0n) is 8.10. The van der Waals surface area contributed by atoms with Crippen LogP contribution in [-0.4, -0.2) is 18.4 Å². The molecule has 0 bridgehead atoms. The highest BCUT2D eigenvalue weighted by atomic mass is 16.1. The summed E-state index contributed by atoms with van der Waals surface area (Å²) in [4.78, 5) is 11.5. The molecule has 1 rings (SSSR count). The molecular formula is C10H19NO. The average molecular weight is 169 g/mol. The van der Waals surface area contributed by atoms with E-state index >= 15 is 0 Å². The molecule has 1 heterocycles. The van der Waals surface area contributed by atoms with E-state index in [1.807, 2.05) is 0 Å². The van der Waals surface area contributed by atoms with Crippen molar-refractivity contribution in [2.75, 3.05) is 6.54 Å². The number of ketones is 1. The Morgan fingerprint density at radius 3 is 2.75 bits per heavy atom. The van der Waals surface area contributed by atoms with Gasteiger partial charge in [-0.25, -0.2) is 0 Å². The minimum Gasteiger partial charge on any atom is -0.307 e. The van der Waals surface area contributed by atoms with Gasteiger partial charge in [0.2, 0.25) is 0 Å². The number of piperidine rings is 1. The molecule has 1 aliphatic heterocycles. The van der Waals surface area contributed by atoms with Gasteiger partial charge in [-0.3, -0.25) is 4.79 Å². The molecule has 0 radical (unpaired) electrons. The van der Waals surface area contributed by atoms with Gasteiger partial charge in [-0.15, -0.1) is 0 Å². The van der Waals surface area contributed by atoms with Gasteiger partial charge in [-0.05, 0) is 25.3 Å². The Balaban J connectivity index is 2.30. The number of rotatable bonds is 3. The second-order valence-corrected chi connectivity index (χ2v) is 4.07. The Morgan fingerprint density at radius 1 is 1.50 bits per heavy atom. The standard InChI is InChI=1S/C10H19NO/c1-8(2)7-10(12)9-5-3-4-6-11-9/h8-9,11H,3-7H2,1-2H3. The first-order valence-corrected chi connectivity index (χ1v) is 4.96. The van der Waals surface area contributed by atoms with Crippen molar-refractivity contribution in [3.63, 3.8) is 0 Å². The third-order valence-corrected chi connectivity index (χ3v) is 2.31. The highest BCUT2D eigenvalue weighted by Gasteiger charge is 2.20. The number of carbonyl (C=O) groups is 1. The molecule has 1 unspecified atom stereocenters. The molecule has 1 fully saturated rings. The monoisotopic (exact) mass is 169 g/mol.